The number of fused-ring (bicyclic) bond motifs is 2. The quantitative estimate of drug-likeness (QED) is 0.652. The molecule has 7 nitrogen and oxygen atoms in total. The molecule has 4 aliphatic rings. The van der Waals surface area contributed by atoms with Crippen LogP contribution in [0.2, 0.25) is 0 Å². The fourth-order valence-electron chi connectivity index (χ4n) is 7.29. The molecule has 0 amide bonds. The molecule has 32 heavy (non-hydrogen) atoms. The molecule has 5 rings (SSSR count). The van der Waals surface area contributed by atoms with Gasteiger partial charge in [-0.1, -0.05) is 25.7 Å². The normalized spacial score (nSPS) is 37.0. The van der Waals surface area contributed by atoms with Gasteiger partial charge in [0.25, 0.3) is 0 Å². The Morgan fingerprint density at radius 1 is 1.12 bits per heavy atom. The second-order valence-corrected chi connectivity index (χ2v) is 10.8. The third-order valence-electron chi connectivity index (χ3n) is 9.01. The fourth-order valence-corrected chi connectivity index (χ4v) is 7.29. The molecule has 2 N–H and O–H groups in total. The van der Waals surface area contributed by atoms with Gasteiger partial charge in [0.1, 0.15) is 0 Å². The topological polar surface area (TPSA) is 85.1 Å². The van der Waals surface area contributed by atoms with Gasteiger partial charge >= 0.3 is 6.18 Å². The maximum atomic E-state index is 13.8. The molecule has 0 aromatic carbocycles. The van der Waals surface area contributed by atoms with Crippen molar-refractivity contribution < 1.29 is 23.0 Å². The summed E-state index contributed by atoms with van der Waals surface area (Å²) >= 11 is 0. The summed E-state index contributed by atoms with van der Waals surface area (Å²) in [6.07, 6.45) is 4.15. The summed E-state index contributed by atoms with van der Waals surface area (Å²) < 4.78 is 48.8. The van der Waals surface area contributed by atoms with Gasteiger partial charge in [0.15, 0.2) is 11.4 Å². The van der Waals surface area contributed by atoms with Crippen LogP contribution in [0.1, 0.15) is 82.5 Å². The number of nitrogens with one attached hydrogen (secondary N) is 1. The lowest BCUT2D eigenvalue weighted by Gasteiger charge is -2.45. The molecular weight excluding hydrogens is 423 g/mol. The summed E-state index contributed by atoms with van der Waals surface area (Å²) in [5.41, 5.74) is -3.39. The Morgan fingerprint density at radius 3 is 2.44 bits per heavy atom. The van der Waals surface area contributed by atoms with E-state index in [0.29, 0.717) is 25.4 Å². The first-order valence-corrected chi connectivity index (χ1v) is 12.0. The van der Waals surface area contributed by atoms with E-state index in [2.05, 4.69) is 20.8 Å². The molecule has 4 atom stereocenters. The molecule has 0 spiro atoms. The van der Waals surface area contributed by atoms with Gasteiger partial charge in [0, 0.05) is 19.1 Å². The largest absolute Gasteiger partial charge is 0.417 e. The van der Waals surface area contributed by atoms with E-state index < -0.39 is 23.2 Å². The smallest absolute Gasteiger partial charge is 0.384 e. The van der Waals surface area contributed by atoms with E-state index in [-0.39, 0.29) is 30.2 Å². The zero-order valence-corrected chi connectivity index (χ0v) is 18.7. The zero-order valence-electron chi connectivity index (χ0n) is 18.7. The Bertz CT molecular complexity index is 821. The molecule has 0 radical (unpaired) electrons. The van der Waals surface area contributed by atoms with E-state index in [0.717, 1.165) is 51.4 Å². The summed E-state index contributed by atoms with van der Waals surface area (Å²) in [5.74, 6) is -0.561. The Hall–Kier alpha value is -1.26. The summed E-state index contributed by atoms with van der Waals surface area (Å²) in [7, 11) is 1.71. The highest BCUT2D eigenvalue weighted by molar-refractivity contribution is 5.23. The fraction of sp³-hybridized carbons (Fsp3) is 0.955. The van der Waals surface area contributed by atoms with Crippen LogP contribution in [0.25, 0.3) is 0 Å². The SMILES string of the molecule is COCC1(CNC2(c3nnnn3C3CCCC3)C[C@@H]3C[C@H]2C[C@@]3(O)C(F)(F)F)CCCC1. The standard InChI is InChI=1S/C22H34F3N5O2/c1-32-14-19(8-4-5-9-19)13-26-20(18-27-28-29-30(18)17-6-2-3-7-17)11-16-10-15(20)12-21(16,31)22(23,24)25/h15-17,26,31H,2-14H2,1H3/t15-,16-,20?,21-/m0/s1. The summed E-state index contributed by atoms with van der Waals surface area (Å²) in [5, 5.41) is 27.0. The number of aliphatic hydroxyl groups is 1. The molecule has 1 unspecified atom stereocenters. The Morgan fingerprint density at radius 2 is 1.84 bits per heavy atom. The summed E-state index contributed by atoms with van der Waals surface area (Å²) in [6.45, 7) is 1.29. The number of aromatic nitrogens is 4. The molecule has 1 aromatic rings. The van der Waals surface area contributed by atoms with Gasteiger partial charge in [-0.25, -0.2) is 4.68 Å². The molecule has 4 fully saturated rings. The highest BCUT2D eigenvalue weighted by atomic mass is 19.4. The van der Waals surface area contributed by atoms with Gasteiger partial charge in [0.2, 0.25) is 0 Å². The van der Waals surface area contributed by atoms with Gasteiger partial charge in [0.05, 0.1) is 18.2 Å². The molecule has 0 aliphatic heterocycles. The van der Waals surface area contributed by atoms with Crippen LogP contribution in [0, 0.1) is 17.3 Å². The molecule has 1 aromatic heterocycles. The van der Waals surface area contributed by atoms with Crippen LogP contribution in [-0.2, 0) is 10.3 Å². The highest BCUT2D eigenvalue weighted by Crippen LogP contribution is 2.63. The lowest BCUT2D eigenvalue weighted by atomic mass is 9.72. The maximum Gasteiger partial charge on any atom is 0.417 e. The van der Waals surface area contributed by atoms with E-state index in [1.807, 2.05) is 4.68 Å². The second kappa shape index (κ2) is 7.91. The van der Waals surface area contributed by atoms with Crippen molar-refractivity contribution in [3.8, 4) is 0 Å². The molecule has 180 valence electrons. The van der Waals surface area contributed by atoms with Crippen LogP contribution in [-0.4, -0.2) is 57.4 Å². The molecule has 4 saturated carbocycles. The highest BCUT2D eigenvalue weighted by Gasteiger charge is 2.71. The van der Waals surface area contributed by atoms with Crippen molar-refractivity contribution in [3.05, 3.63) is 5.82 Å². The predicted octanol–water partition coefficient (Wildman–Crippen LogP) is 3.50. The van der Waals surface area contributed by atoms with Gasteiger partial charge < -0.3 is 15.2 Å². The maximum absolute atomic E-state index is 13.8. The molecule has 2 bridgehead atoms. The number of methoxy groups -OCH3 is 1. The summed E-state index contributed by atoms with van der Waals surface area (Å²) in [6, 6.07) is 0.193. The van der Waals surface area contributed by atoms with Gasteiger partial charge in [-0.2, -0.15) is 13.2 Å². The monoisotopic (exact) mass is 457 g/mol. The molecule has 0 saturated heterocycles. The minimum atomic E-state index is -4.63. The minimum absolute atomic E-state index is 0.0183. The Balaban J connectivity index is 1.48. The second-order valence-electron chi connectivity index (χ2n) is 10.8. The van der Waals surface area contributed by atoms with Gasteiger partial charge in [-0.05, 0) is 67.2 Å². The third kappa shape index (κ3) is 3.39. The number of halogens is 3. The molecule has 10 heteroatoms. The average molecular weight is 458 g/mol. The van der Waals surface area contributed by atoms with Gasteiger partial charge in [-0.15, -0.1) is 5.10 Å². The van der Waals surface area contributed by atoms with E-state index in [1.165, 1.54) is 0 Å². The van der Waals surface area contributed by atoms with Crippen LogP contribution in [0.3, 0.4) is 0 Å². The lowest BCUT2D eigenvalue weighted by Crippen LogP contribution is -2.59. The molecular formula is C22H34F3N5O2. The van der Waals surface area contributed by atoms with Crippen LogP contribution >= 0.6 is 0 Å². The first-order valence-electron chi connectivity index (χ1n) is 12.0. The number of alkyl halides is 3. The first kappa shape index (κ1) is 22.5. The number of rotatable bonds is 7. The van der Waals surface area contributed by atoms with Crippen molar-refractivity contribution in [1.82, 2.24) is 25.5 Å². The lowest BCUT2D eigenvalue weighted by molar-refractivity contribution is -0.280. The number of tetrazole rings is 1. The van der Waals surface area contributed by atoms with Crippen LogP contribution < -0.4 is 5.32 Å². The number of ether oxygens (including phenoxy) is 1. The van der Waals surface area contributed by atoms with Crippen molar-refractivity contribution in [1.29, 1.82) is 0 Å². The van der Waals surface area contributed by atoms with E-state index in [9.17, 15) is 18.3 Å². The minimum Gasteiger partial charge on any atom is -0.384 e. The summed E-state index contributed by atoms with van der Waals surface area (Å²) in [4.78, 5) is 0. The number of nitrogens with zero attached hydrogens (tertiary/aromatic N) is 4. The predicted molar refractivity (Wildman–Crippen MR) is 110 cm³/mol. The molecule has 1 heterocycles. The van der Waals surface area contributed by atoms with Crippen molar-refractivity contribution >= 4 is 0 Å². The van der Waals surface area contributed by atoms with Crippen LogP contribution in [0.4, 0.5) is 13.2 Å². The van der Waals surface area contributed by atoms with Crippen LogP contribution in [0.5, 0.6) is 0 Å². The van der Waals surface area contributed by atoms with E-state index >= 15 is 0 Å². The van der Waals surface area contributed by atoms with E-state index in [1.54, 1.807) is 7.11 Å². The van der Waals surface area contributed by atoms with Gasteiger partial charge in [-0.3, -0.25) is 0 Å². The van der Waals surface area contributed by atoms with Crippen molar-refractivity contribution in [2.24, 2.45) is 17.3 Å². The Kier molecular flexibility index (Phi) is 5.57. The number of hydrogen-bond donors (Lipinski definition) is 2. The van der Waals surface area contributed by atoms with Crippen molar-refractivity contribution in [2.45, 2.75) is 94.0 Å². The average Bonchev–Trinajstić information content (AvgIpc) is 3.54. The molecule has 4 aliphatic carbocycles. The number of hydrogen-bond acceptors (Lipinski definition) is 6. The van der Waals surface area contributed by atoms with Crippen molar-refractivity contribution in [3.63, 3.8) is 0 Å². The first-order chi connectivity index (χ1) is 15.2. The Labute approximate surface area is 186 Å². The van der Waals surface area contributed by atoms with Crippen molar-refractivity contribution in [2.75, 3.05) is 20.3 Å². The van der Waals surface area contributed by atoms with Crippen LogP contribution in [0.15, 0.2) is 0 Å². The third-order valence-corrected chi connectivity index (χ3v) is 9.01. The van der Waals surface area contributed by atoms with E-state index in [4.69, 9.17) is 4.74 Å². The zero-order chi connectivity index (χ0) is 22.6.